The van der Waals surface area contributed by atoms with E-state index in [2.05, 4.69) is 91.3 Å². The Morgan fingerprint density at radius 1 is 0.706 bits per heavy atom. The maximum Gasteiger partial charge on any atom is 0.338 e. The molecule has 3 aromatic carbocycles. The van der Waals surface area contributed by atoms with E-state index in [-0.39, 0.29) is 5.97 Å². The second kappa shape index (κ2) is 12.6. The van der Waals surface area contributed by atoms with Crippen LogP contribution in [0.1, 0.15) is 47.8 Å². The van der Waals surface area contributed by atoms with Crippen molar-refractivity contribution < 1.29 is 9.53 Å². The minimum atomic E-state index is -0.276. The Hall–Kier alpha value is -3.53. The second-order valence-corrected chi connectivity index (χ2v) is 8.27. The molecule has 3 aromatic rings. The first-order chi connectivity index (χ1) is 16.5. The molecule has 0 aliphatic heterocycles. The minimum Gasteiger partial charge on any atom is -0.460 e. The molecule has 178 valence electrons. The van der Waals surface area contributed by atoms with E-state index in [4.69, 9.17) is 4.74 Å². The van der Waals surface area contributed by atoms with Crippen molar-refractivity contribution in [3.63, 3.8) is 0 Å². The van der Waals surface area contributed by atoms with Crippen LogP contribution in [0.15, 0.2) is 72.8 Å². The quantitative estimate of drug-likeness (QED) is 0.238. The van der Waals surface area contributed by atoms with Crippen molar-refractivity contribution in [3.8, 4) is 0 Å². The van der Waals surface area contributed by atoms with Gasteiger partial charge >= 0.3 is 5.97 Å². The summed E-state index contributed by atoms with van der Waals surface area (Å²) in [6, 6.07) is 24.6. The second-order valence-electron chi connectivity index (χ2n) is 8.27. The highest BCUT2D eigenvalue weighted by atomic mass is 16.5. The topological polar surface area (TPSA) is 32.8 Å². The fraction of sp³-hybridized carbons (Fsp3) is 0.300. The number of benzene rings is 3. The van der Waals surface area contributed by atoms with Gasteiger partial charge in [0.2, 0.25) is 0 Å². The first kappa shape index (κ1) is 25.1. The first-order valence-corrected chi connectivity index (χ1v) is 12.2. The van der Waals surface area contributed by atoms with Crippen LogP contribution >= 0.6 is 0 Å². The molecular weight excluding hydrogens is 420 g/mol. The molecule has 0 amide bonds. The van der Waals surface area contributed by atoms with Gasteiger partial charge in [-0.1, -0.05) is 54.1 Å². The summed E-state index contributed by atoms with van der Waals surface area (Å²) in [7, 11) is 0. The van der Waals surface area contributed by atoms with Crippen molar-refractivity contribution >= 4 is 29.5 Å². The molecule has 4 nitrogen and oxygen atoms in total. The van der Waals surface area contributed by atoms with Crippen LogP contribution in [0.3, 0.4) is 0 Å². The Morgan fingerprint density at radius 2 is 1.18 bits per heavy atom. The van der Waals surface area contributed by atoms with E-state index in [1.165, 1.54) is 11.3 Å². The van der Waals surface area contributed by atoms with Crippen LogP contribution < -0.4 is 9.80 Å². The largest absolute Gasteiger partial charge is 0.460 e. The van der Waals surface area contributed by atoms with Gasteiger partial charge in [-0.3, -0.25) is 0 Å². The number of likely N-dealkylation sites (N-methyl/N-ethyl adjacent to an activating group) is 1. The molecule has 0 spiro atoms. The Morgan fingerprint density at radius 3 is 1.65 bits per heavy atom. The fourth-order valence-electron chi connectivity index (χ4n) is 3.87. The number of anilines is 2. The molecule has 0 heterocycles. The molecule has 4 heteroatoms. The van der Waals surface area contributed by atoms with Crippen molar-refractivity contribution in [2.75, 3.05) is 42.6 Å². The molecule has 0 aliphatic rings. The van der Waals surface area contributed by atoms with Gasteiger partial charge in [-0.15, -0.1) is 0 Å². The number of hydrogen-bond acceptors (Lipinski definition) is 4. The highest BCUT2D eigenvalue weighted by Gasteiger charge is 2.09. The molecule has 34 heavy (non-hydrogen) atoms. The zero-order valence-electron chi connectivity index (χ0n) is 20.8. The summed E-state index contributed by atoms with van der Waals surface area (Å²) in [5, 5.41) is 0. The number of aryl methyl sites for hydroxylation is 1. The van der Waals surface area contributed by atoms with Crippen molar-refractivity contribution in [2.24, 2.45) is 0 Å². The molecule has 0 saturated heterocycles. The van der Waals surface area contributed by atoms with Gasteiger partial charge in [0, 0.05) is 31.0 Å². The number of esters is 1. The fourth-order valence-corrected chi connectivity index (χ4v) is 3.87. The number of rotatable bonds is 11. The number of nitrogens with zero attached hydrogens (tertiary/aromatic N) is 2. The zero-order chi connectivity index (χ0) is 24.3. The van der Waals surface area contributed by atoms with Crippen molar-refractivity contribution in [3.05, 3.63) is 95.1 Å². The number of carbonyl (C=O) groups excluding carboxylic acids is 1. The third-order valence-corrected chi connectivity index (χ3v) is 6.01. The molecule has 3 rings (SSSR count). The molecule has 0 N–H and O–H groups in total. The smallest absolute Gasteiger partial charge is 0.338 e. The van der Waals surface area contributed by atoms with Gasteiger partial charge in [-0.25, -0.2) is 4.79 Å². The molecule has 0 atom stereocenters. The number of hydrogen-bond donors (Lipinski definition) is 0. The predicted octanol–water partition coefficient (Wildman–Crippen LogP) is 6.69. The lowest BCUT2D eigenvalue weighted by Gasteiger charge is -2.23. The van der Waals surface area contributed by atoms with E-state index in [1.807, 2.05) is 19.1 Å². The standard InChI is InChI=1S/C30H36N2O2/c1-5-31(6-2)28-18-12-25(13-19-28)10-11-26-14-20-29(21-15-26)32(7-3)22-23-34-30(33)27-16-8-24(4)9-17-27/h8-21H,5-7,22-23H2,1-4H3/b11-10+. The summed E-state index contributed by atoms with van der Waals surface area (Å²) in [4.78, 5) is 16.8. The van der Waals surface area contributed by atoms with Gasteiger partial charge in [-0.2, -0.15) is 0 Å². The average molecular weight is 457 g/mol. The van der Waals surface area contributed by atoms with Crippen LogP contribution in [0, 0.1) is 6.92 Å². The summed E-state index contributed by atoms with van der Waals surface area (Å²) in [5.74, 6) is -0.276. The van der Waals surface area contributed by atoms with Crippen LogP contribution in [-0.4, -0.2) is 38.8 Å². The maximum atomic E-state index is 12.2. The van der Waals surface area contributed by atoms with Gasteiger partial charge in [0.05, 0.1) is 12.1 Å². The van der Waals surface area contributed by atoms with E-state index in [0.29, 0.717) is 18.7 Å². The van der Waals surface area contributed by atoms with Crippen LogP contribution in [0.2, 0.25) is 0 Å². The van der Waals surface area contributed by atoms with Crippen molar-refractivity contribution in [1.82, 2.24) is 0 Å². The number of carbonyl (C=O) groups is 1. The average Bonchev–Trinajstić information content (AvgIpc) is 2.87. The van der Waals surface area contributed by atoms with E-state index in [1.54, 1.807) is 12.1 Å². The van der Waals surface area contributed by atoms with E-state index < -0.39 is 0 Å². The van der Waals surface area contributed by atoms with Crippen molar-refractivity contribution in [1.29, 1.82) is 0 Å². The van der Waals surface area contributed by atoms with E-state index in [9.17, 15) is 4.79 Å². The monoisotopic (exact) mass is 456 g/mol. The molecule has 0 fully saturated rings. The molecule has 0 bridgehead atoms. The summed E-state index contributed by atoms with van der Waals surface area (Å²) in [5.41, 5.74) is 6.43. The molecule has 0 unspecified atom stereocenters. The molecular formula is C30H36N2O2. The zero-order valence-corrected chi connectivity index (χ0v) is 20.8. The third-order valence-electron chi connectivity index (χ3n) is 6.01. The molecule has 0 aromatic heterocycles. The molecule has 0 radical (unpaired) electrons. The van der Waals surface area contributed by atoms with E-state index in [0.717, 1.165) is 36.4 Å². The van der Waals surface area contributed by atoms with E-state index >= 15 is 0 Å². The van der Waals surface area contributed by atoms with Gasteiger partial charge in [0.15, 0.2) is 0 Å². The summed E-state index contributed by atoms with van der Waals surface area (Å²) < 4.78 is 5.48. The lowest BCUT2D eigenvalue weighted by molar-refractivity contribution is 0.0515. The highest BCUT2D eigenvalue weighted by Crippen LogP contribution is 2.19. The Labute approximate surface area is 204 Å². The van der Waals surface area contributed by atoms with Crippen LogP contribution in [-0.2, 0) is 4.74 Å². The first-order valence-electron chi connectivity index (χ1n) is 12.2. The van der Waals surface area contributed by atoms with Gasteiger partial charge in [-0.05, 0) is 75.2 Å². The van der Waals surface area contributed by atoms with Crippen LogP contribution in [0.4, 0.5) is 11.4 Å². The normalized spacial score (nSPS) is 10.9. The van der Waals surface area contributed by atoms with Crippen LogP contribution in [0.5, 0.6) is 0 Å². The third kappa shape index (κ3) is 6.98. The lowest BCUT2D eigenvalue weighted by atomic mass is 10.1. The predicted molar refractivity (Wildman–Crippen MR) is 145 cm³/mol. The Balaban J connectivity index is 1.53. The minimum absolute atomic E-state index is 0.276. The highest BCUT2D eigenvalue weighted by molar-refractivity contribution is 5.89. The summed E-state index contributed by atoms with van der Waals surface area (Å²) >= 11 is 0. The summed E-state index contributed by atoms with van der Waals surface area (Å²) in [6.07, 6.45) is 4.28. The number of ether oxygens (including phenoxy) is 1. The van der Waals surface area contributed by atoms with Crippen molar-refractivity contribution in [2.45, 2.75) is 27.7 Å². The Kier molecular flexibility index (Phi) is 9.33. The Bertz CT molecular complexity index is 1050. The molecule has 0 saturated carbocycles. The summed E-state index contributed by atoms with van der Waals surface area (Å²) in [6.45, 7) is 12.3. The van der Waals surface area contributed by atoms with Gasteiger partial charge in [0.25, 0.3) is 0 Å². The SMILES string of the molecule is CCN(CC)c1ccc(/C=C/c2ccc(N(CC)CCOC(=O)c3ccc(C)cc3)cc2)cc1. The van der Waals surface area contributed by atoms with Crippen LogP contribution in [0.25, 0.3) is 12.2 Å². The van der Waals surface area contributed by atoms with Gasteiger partial charge in [0.1, 0.15) is 6.61 Å². The van der Waals surface area contributed by atoms with Gasteiger partial charge < -0.3 is 14.5 Å². The lowest BCUT2D eigenvalue weighted by Crippen LogP contribution is -2.28. The molecule has 0 aliphatic carbocycles. The maximum absolute atomic E-state index is 12.2.